The van der Waals surface area contributed by atoms with Crippen molar-refractivity contribution in [1.82, 2.24) is 0 Å². The third-order valence-corrected chi connectivity index (χ3v) is 5.83. The summed E-state index contributed by atoms with van der Waals surface area (Å²) in [6, 6.07) is 6.39. The van der Waals surface area contributed by atoms with Crippen molar-refractivity contribution in [3.05, 3.63) is 35.1 Å². The fourth-order valence-corrected chi connectivity index (χ4v) is 4.19. The van der Waals surface area contributed by atoms with Gasteiger partial charge in [-0.15, -0.1) is 0 Å². The minimum Gasteiger partial charge on any atom is -0.348 e. The average Bonchev–Trinajstić information content (AvgIpc) is 2.67. The number of unbranched alkanes of at least 4 members (excludes halogenated alkanes) is 1. The van der Waals surface area contributed by atoms with E-state index in [2.05, 4.69) is 6.92 Å². The van der Waals surface area contributed by atoms with Gasteiger partial charge in [-0.2, -0.15) is 5.26 Å². The first kappa shape index (κ1) is 18.4. The molecule has 0 bridgehead atoms. The molecular formula is C21H28FNO2. The third kappa shape index (κ3) is 4.59. The SMILES string of the molecule is CCCC[C@H]1CC[C@H]([C@H]2CO[C@H](c3ccc(C#N)c(F)c3)OC2)CC1. The van der Waals surface area contributed by atoms with Crippen LogP contribution in [0.3, 0.4) is 0 Å². The molecule has 0 aromatic heterocycles. The van der Waals surface area contributed by atoms with Crippen LogP contribution in [0.25, 0.3) is 0 Å². The lowest BCUT2D eigenvalue weighted by atomic mass is 9.75. The molecule has 0 atom stereocenters. The summed E-state index contributed by atoms with van der Waals surface area (Å²) in [4.78, 5) is 0. The zero-order valence-corrected chi connectivity index (χ0v) is 15.0. The van der Waals surface area contributed by atoms with Crippen molar-refractivity contribution < 1.29 is 13.9 Å². The van der Waals surface area contributed by atoms with E-state index in [1.807, 2.05) is 6.07 Å². The summed E-state index contributed by atoms with van der Waals surface area (Å²) < 4.78 is 25.5. The highest BCUT2D eigenvalue weighted by Gasteiger charge is 2.32. The molecule has 0 radical (unpaired) electrons. The largest absolute Gasteiger partial charge is 0.348 e. The zero-order chi connectivity index (χ0) is 17.6. The van der Waals surface area contributed by atoms with Crippen LogP contribution < -0.4 is 0 Å². The van der Waals surface area contributed by atoms with Crippen molar-refractivity contribution in [3.8, 4) is 6.07 Å². The second-order valence-corrected chi connectivity index (χ2v) is 7.53. The number of hydrogen-bond donors (Lipinski definition) is 0. The van der Waals surface area contributed by atoms with Gasteiger partial charge in [-0.3, -0.25) is 0 Å². The molecule has 2 aliphatic rings. The molecule has 0 unspecified atom stereocenters. The number of rotatable bonds is 5. The van der Waals surface area contributed by atoms with Gasteiger partial charge in [-0.05, 0) is 36.8 Å². The maximum atomic E-state index is 13.8. The molecule has 1 aliphatic carbocycles. The Morgan fingerprint density at radius 3 is 2.44 bits per heavy atom. The van der Waals surface area contributed by atoms with Gasteiger partial charge in [0.25, 0.3) is 0 Å². The summed E-state index contributed by atoms with van der Waals surface area (Å²) in [7, 11) is 0. The monoisotopic (exact) mass is 345 g/mol. The number of halogens is 1. The van der Waals surface area contributed by atoms with Crippen LogP contribution in [0.15, 0.2) is 18.2 Å². The highest BCUT2D eigenvalue weighted by Crippen LogP contribution is 2.38. The average molecular weight is 345 g/mol. The molecule has 4 heteroatoms. The van der Waals surface area contributed by atoms with E-state index < -0.39 is 12.1 Å². The van der Waals surface area contributed by atoms with Crippen LogP contribution in [0.2, 0.25) is 0 Å². The van der Waals surface area contributed by atoms with Gasteiger partial charge in [0.15, 0.2) is 6.29 Å². The molecule has 1 aromatic carbocycles. The Hall–Kier alpha value is -1.44. The Labute approximate surface area is 150 Å². The van der Waals surface area contributed by atoms with E-state index in [0.29, 0.717) is 30.6 Å². The normalized spacial score (nSPS) is 30.0. The van der Waals surface area contributed by atoms with E-state index >= 15 is 0 Å². The molecule has 136 valence electrons. The molecule has 1 heterocycles. The molecule has 1 aliphatic heterocycles. The van der Waals surface area contributed by atoms with Crippen LogP contribution in [0.4, 0.5) is 4.39 Å². The molecule has 0 N–H and O–H groups in total. The second kappa shape index (κ2) is 8.78. The summed E-state index contributed by atoms with van der Waals surface area (Å²) >= 11 is 0. The molecule has 3 rings (SSSR count). The Balaban J connectivity index is 1.48. The molecule has 2 fully saturated rings. The summed E-state index contributed by atoms with van der Waals surface area (Å²) in [5.74, 6) is 1.54. The molecule has 25 heavy (non-hydrogen) atoms. The van der Waals surface area contributed by atoms with Crippen LogP contribution in [0.5, 0.6) is 0 Å². The second-order valence-electron chi connectivity index (χ2n) is 7.53. The molecule has 1 saturated heterocycles. The number of nitrogens with zero attached hydrogens (tertiary/aromatic N) is 1. The van der Waals surface area contributed by atoms with Gasteiger partial charge in [-0.25, -0.2) is 4.39 Å². The molecule has 1 saturated carbocycles. The topological polar surface area (TPSA) is 42.2 Å². The van der Waals surface area contributed by atoms with Gasteiger partial charge in [0, 0.05) is 11.5 Å². The minimum atomic E-state index is -0.514. The van der Waals surface area contributed by atoms with Crippen molar-refractivity contribution in [2.24, 2.45) is 17.8 Å². The van der Waals surface area contributed by atoms with E-state index in [4.69, 9.17) is 14.7 Å². The van der Waals surface area contributed by atoms with Gasteiger partial charge < -0.3 is 9.47 Å². The van der Waals surface area contributed by atoms with Crippen molar-refractivity contribution in [2.75, 3.05) is 13.2 Å². The quantitative estimate of drug-likeness (QED) is 0.722. The van der Waals surface area contributed by atoms with Gasteiger partial charge in [0.1, 0.15) is 11.9 Å². The summed E-state index contributed by atoms with van der Waals surface area (Å²) in [6.45, 7) is 3.62. The summed E-state index contributed by atoms with van der Waals surface area (Å²) in [6.07, 6.45) is 8.75. The van der Waals surface area contributed by atoms with Crippen LogP contribution in [0, 0.1) is 34.9 Å². The smallest absolute Gasteiger partial charge is 0.183 e. The summed E-state index contributed by atoms with van der Waals surface area (Å²) in [5, 5.41) is 8.81. The van der Waals surface area contributed by atoms with E-state index in [1.54, 1.807) is 6.07 Å². The predicted molar refractivity (Wildman–Crippen MR) is 94.2 cm³/mol. The standard InChI is InChI=1S/C21H28FNO2/c1-2-3-4-15-5-7-16(8-6-15)19-13-24-21(25-14-19)17-9-10-18(12-23)20(22)11-17/h9-11,15-16,19,21H,2-8,13-14H2,1H3/t15-,16-,19-,21-. The van der Waals surface area contributed by atoms with Crippen molar-refractivity contribution >= 4 is 0 Å². The van der Waals surface area contributed by atoms with Crippen molar-refractivity contribution in [3.63, 3.8) is 0 Å². The molecule has 0 spiro atoms. The fraction of sp³-hybridized carbons (Fsp3) is 0.667. The third-order valence-electron chi connectivity index (χ3n) is 5.83. The maximum absolute atomic E-state index is 13.8. The lowest BCUT2D eigenvalue weighted by Crippen LogP contribution is -2.34. The van der Waals surface area contributed by atoms with E-state index in [0.717, 1.165) is 5.92 Å². The lowest BCUT2D eigenvalue weighted by molar-refractivity contribution is -0.214. The molecule has 3 nitrogen and oxygen atoms in total. The van der Waals surface area contributed by atoms with Crippen LogP contribution in [0.1, 0.15) is 69.3 Å². The minimum absolute atomic E-state index is 0.0530. The Kier molecular flexibility index (Phi) is 6.45. The molecular weight excluding hydrogens is 317 g/mol. The first-order valence-corrected chi connectivity index (χ1v) is 9.64. The maximum Gasteiger partial charge on any atom is 0.183 e. The van der Waals surface area contributed by atoms with Crippen molar-refractivity contribution in [1.29, 1.82) is 5.26 Å². The van der Waals surface area contributed by atoms with Crippen LogP contribution >= 0.6 is 0 Å². The number of hydrogen-bond acceptors (Lipinski definition) is 3. The number of ether oxygens (including phenoxy) is 2. The van der Waals surface area contributed by atoms with Crippen LogP contribution in [-0.4, -0.2) is 13.2 Å². The first-order valence-electron chi connectivity index (χ1n) is 9.64. The van der Waals surface area contributed by atoms with Crippen molar-refractivity contribution in [2.45, 2.75) is 58.2 Å². The molecule has 0 amide bonds. The van der Waals surface area contributed by atoms with Crippen LogP contribution in [-0.2, 0) is 9.47 Å². The van der Waals surface area contributed by atoms with Gasteiger partial charge in [-0.1, -0.05) is 45.1 Å². The zero-order valence-electron chi connectivity index (χ0n) is 15.0. The molecule has 1 aromatic rings. The predicted octanol–water partition coefficient (Wildman–Crippen LogP) is 5.36. The van der Waals surface area contributed by atoms with E-state index in [1.165, 1.54) is 57.1 Å². The first-order chi connectivity index (χ1) is 12.2. The number of nitriles is 1. The van der Waals surface area contributed by atoms with Gasteiger partial charge in [0.2, 0.25) is 0 Å². The van der Waals surface area contributed by atoms with E-state index in [-0.39, 0.29) is 5.56 Å². The lowest BCUT2D eigenvalue weighted by Gasteiger charge is -2.38. The Morgan fingerprint density at radius 2 is 1.84 bits per heavy atom. The van der Waals surface area contributed by atoms with E-state index in [9.17, 15) is 4.39 Å². The Morgan fingerprint density at radius 1 is 1.12 bits per heavy atom. The fourth-order valence-electron chi connectivity index (χ4n) is 4.19. The summed E-state index contributed by atoms with van der Waals surface area (Å²) in [5.41, 5.74) is 0.704. The highest BCUT2D eigenvalue weighted by molar-refractivity contribution is 5.33. The highest BCUT2D eigenvalue weighted by atomic mass is 19.1. The number of benzene rings is 1. The Bertz CT molecular complexity index is 596. The van der Waals surface area contributed by atoms with Gasteiger partial charge in [0.05, 0.1) is 18.8 Å². The van der Waals surface area contributed by atoms with Gasteiger partial charge >= 0.3 is 0 Å².